The number of hydrogen-bond donors (Lipinski definition) is 1. The van der Waals surface area contributed by atoms with Crippen LogP contribution in [0.5, 0.6) is 0 Å². The van der Waals surface area contributed by atoms with E-state index in [-0.39, 0.29) is 18.6 Å². The Bertz CT molecular complexity index is 551. The van der Waals surface area contributed by atoms with Crippen LogP contribution in [0.4, 0.5) is 8.78 Å². The van der Waals surface area contributed by atoms with E-state index in [1.54, 1.807) is 0 Å². The Morgan fingerprint density at radius 1 is 0.929 bits per heavy atom. The van der Waals surface area contributed by atoms with Gasteiger partial charge in [0.2, 0.25) is 0 Å². The van der Waals surface area contributed by atoms with E-state index in [9.17, 15) is 13.9 Å². The molecular formula is C23H38F2O3. The van der Waals surface area contributed by atoms with Crippen LogP contribution in [0.25, 0.3) is 0 Å². The van der Waals surface area contributed by atoms with E-state index in [0.29, 0.717) is 12.0 Å². The Kier molecular flexibility index (Phi) is 11.2. The van der Waals surface area contributed by atoms with Gasteiger partial charge in [0, 0.05) is 12.0 Å². The summed E-state index contributed by atoms with van der Waals surface area (Å²) in [6.45, 7) is 9.49. The largest absolute Gasteiger partial charge is 0.343 e. The number of benzene rings is 1. The van der Waals surface area contributed by atoms with Crippen molar-refractivity contribution in [2.75, 3.05) is 0 Å². The maximum absolute atomic E-state index is 14.2. The van der Waals surface area contributed by atoms with Crippen molar-refractivity contribution in [3.63, 3.8) is 0 Å². The van der Waals surface area contributed by atoms with Gasteiger partial charge in [-0.05, 0) is 52.2 Å². The van der Waals surface area contributed by atoms with Gasteiger partial charge in [-0.3, -0.25) is 0 Å². The highest BCUT2D eigenvalue weighted by Gasteiger charge is 2.41. The third kappa shape index (κ3) is 8.97. The lowest BCUT2D eigenvalue weighted by Gasteiger charge is -2.38. The van der Waals surface area contributed by atoms with Gasteiger partial charge in [0.05, 0.1) is 12.2 Å². The molecule has 0 aliphatic carbocycles. The third-order valence-electron chi connectivity index (χ3n) is 4.71. The summed E-state index contributed by atoms with van der Waals surface area (Å²) in [5.74, 6) is -3.49. The molecule has 0 saturated heterocycles. The van der Waals surface area contributed by atoms with Gasteiger partial charge >= 0.3 is 0 Å². The van der Waals surface area contributed by atoms with Crippen molar-refractivity contribution in [1.29, 1.82) is 0 Å². The Balaban J connectivity index is 2.95. The van der Waals surface area contributed by atoms with Gasteiger partial charge in [0.1, 0.15) is 11.6 Å². The van der Waals surface area contributed by atoms with Crippen molar-refractivity contribution in [3.8, 4) is 0 Å². The molecule has 1 aromatic rings. The monoisotopic (exact) mass is 400 g/mol. The van der Waals surface area contributed by atoms with E-state index in [1.165, 1.54) is 31.4 Å². The van der Waals surface area contributed by atoms with E-state index in [2.05, 4.69) is 6.92 Å². The van der Waals surface area contributed by atoms with Crippen molar-refractivity contribution in [3.05, 3.63) is 35.4 Å². The normalized spacial score (nSPS) is 13.5. The third-order valence-corrected chi connectivity index (χ3v) is 4.71. The van der Waals surface area contributed by atoms with Crippen molar-refractivity contribution in [1.82, 2.24) is 0 Å². The Morgan fingerprint density at radius 2 is 1.50 bits per heavy atom. The number of aliphatic hydroxyl groups is 1. The molecule has 1 aromatic carbocycles. The number of halogens is 2. The topological polar surface area (TPSA) is 38.7 Å². The Morgan fingerprint density at radius 3 is 2.04 bits per heavy atom. The molecule has 0 bridgehead atoms. The minimum absolute atomic E-state index is 0.219. The summed E-state index contributed by atoms with van der Waals surface area (Å²) in [6, 6.07) is 3.55. The molecule has 0 aliphatic heterocycles. The molecule has 0 fully saturated rings. The second-order valence-corrected chi connectivity index (χ2v) is 8.16. The molecule has 3 nitrogen and oxygen atoms in total. The molecule has 0 aliphatic rings. The molecule has 28 heavy (non-hydrogen) atoms. The highest BCUT2D eigenvalue weighted by molar-refractivity contribution is 5.19. The van der Waals surface area contributed by atoms with E-state index >= 15 is 0 Å². The molecule has 0 spiro atoms. The lowest BCUT2D eigenvalue weighted by Crippen LogP contribution is -2.48. The molecule has 1 unspecified atom stereocenters. The van der Waals surface area contributed by atoms with Crippen molar-refractivity contribution in [2.24, 2.45) is 5.92 Å². The van der Waals surface area contributed by atoms with Crippen LogP contribution in [0.1, 0.15) is 85.1 Å². The first-order valence-electron chi connectivity index (χ1n) is 10.7. The van der Waals surface area contributed by atoms with Crippen LogP contribution in [-0.2, 0) is 15.9 Å². The molecule has 5 heteroatoms. The zero-order valence-corrected chi connectivity index (χ0v) is 18.1. The SMILES string of the molecule is CCCCCCCCC(Cc1ccc(F)cc1F)C(O)(OC(C)C)OC(C)C. The van der Waals surface area contributed by atoms with E-state index in [1.807, 2.05) is 27.7 Å². The van der Waals surface area contributed by atoms with Gasteiger partial charge in [-0.2, -0.15) is 0 Å². The molecule has 1 N–H and O–H groups in total. The number of unbranched alkanes of at least 4 members (excludes halogenated alkanes) is 5. The van der Waals surface area contributed by atoms with Gasteiger partial charge in [-0.1, -0.05) is 51.5 Å². The fourth-order valence-electron chi connectivity index (χ4n) is 3.43. The maximum atomic E-state index is 14.2. The van der Waals surface area contributed by atoms with Crippen LogP contribution < -0.4 is 0 Å². The van der Waals surface area contributed by atoms with Crippen LogP contribution >= 0.6 is 0 Å². The van der Waals surface area contributed by atoms with E-state index < -0.39 is 23.5 Å². The van der Waals surface area contributed by atoms with Crippen molar-refractivity contribution in [2.45, 2.75) is 104 Å². The zero-order chi connectivity index (χ0) is 21.2. The van der Waals surface area contributed by atoms with Gasteiger partial charge in [-0.15, -0.1) is 0 Å². The lowest BCUT2D eigenvalue weighted by atomic mass is 9.90. The predicted molar refractivity (Wildman–Crippen MR) is 109 cm³/mol. The van der Waals surface area contributed by atoms with Crippen molar-refractivity contribution < 1.29 is 23.4 Å². The van der Waals surface area contributed by atoms with Gasteiger partial charge in [-0.25, -0.2) is 8.78 Å². The molecule has 1 atom stereocenters. The molecule has 0 amide bonds. The Labute approximate surface area is 169 Å². The smallest absolute Gasteiger partial charge is 0.284 e. The molecule has 0 radical (unpaired) electrons. The summed E-state index contributed by atoms with van der Waals surface area (Å²) in [4.78, 5) is 0. The minimum atomic E-state index is -1.81. The summed E-state index contributed by atoms with van der Waals surface area (Å²) >= 11 is 0. The fraction of sp³-hybridized carbons (Fsp3) is 0.739. The van der Waals surface area contributed by atoms with Crippen LogP contribution in [-0.4, -0.2) is 23.3 Å². The van der Waals surface area contributed by atoms with Crippen molar-refractivity contribution >= 4 is 0 Å². The van der Waals surface area contributed by atoms with Gasteiger partial charge in [0.25, 0.3) is 5.97 Å². The van der Waals surface area contributed by atoms with E-state index in [0.717, 1.165) is 25.3 Å². The number of rotatable bonds is 14. The molecule has 0 heterocycles. The quantitative estimate of drug-likeness (QED) is 0.291. The van der Waals surface area contributed by atoms with Gasteiger partial charge < -0.3 is 14.6 Å². The number of hydrogen-bond acceptors (Lipinski definition) is 3. The average molecular weight is 401 g/mol. The molecule has 0 saturated carbocycles. The highest BCUT2D eigenvalue weighted by atomic mass is 19.1. The number of ether oxygens (including phenoxy) is 2. The van der Waals surface area contributed by atoms with Crippen LogP contribution in [0.15, 0.2) is 18.2 Å². The maximum Gasteiger partial charge on any atom is 0.284 e. The summed E-state index contributed by atoms with van der Waals surface area (Å²) in [7, 11) is 0. The summed E-state index contributed by atoms with van der Waals surface area (Å²) < 4.78 is 39.1. The highest BCUT2D eigenvalue weighted by Crippen LogP contribution is 2.33. The Hall–Kier alpha value is -1.04. The first kappa shape index (κ1) is 25.0. The minimum Gasteiger partial charge on any atom is -0.343 e. The van der Waals surface area contributed by atoms with Gasteiger partial charge in [0.15, 0.2) is 0 Å². The average Bonchev–Trinajstić information content (AvgIpc) is 2.57. The standard InChI is InChI=1S/C23H38F2O3/c1-6-7-8-9-10-11-12-20(15-19-13-14-21(24)16-22(19)25)23(26,27-17(2)3)28-18(4)5/h13-14,16-18,20,26H,6-12,15H2,1-5H3. The molecule has 162 valence electrons. The molecule has 0 aromatic heterocycles. The first-order valence-corrected chi connectivity index (χ1v) is 10.7. The van der Waals surface area contributed by atoms with Crippen LogP contribution in [0, 0.1) is 17.6 Å². The predicted octanol–water partition coefficient (Wildman–Crippen LogP) is 6.37. The summed E-state index contributed by atoms with van der Waals surface area (Å²) in [6.07, 6.45) is 7.03. The summed E-state index contributed by atoms with van der Waals surface area (Å²) in [5.41, 5.74) is 0.357. The lowest BCUT2D eigenvalue weighted by molar-refractivity contribution is -0.407. The summed E-state index contributed by atoms with van der Waals surface area (Å²) in [5, 5.41) is 11.2. The second-order valence-electron chi connectivity index (χ2n) is 8.16. The van der Waals surface area contributed by atoms with Crippen LogP contribution in [0.3, 0.4) is 0 Å². The van der Waals surface area contributed by atoms with Crippen LogP contribution in [0.2, 0.25) is 0 Å². The molecule has 1 rings (SSSR count). The zero-order valence-electron chi connectivity index (χ0n) is 18.1. The fourth-order valence-corrected chi connectivity index (χ4v) is 3.43. The van der Waals surface area contributed by atoms with E-state index in [4.69, 9.17) is 9.47 Å². The second kappa shape index (κ2) is 12.5. The molecular weight excluding hydrogens is 362 g/mol. The first-order chi connectivity index (χ1) is 13.2.